The Morgan fingerprint density at radius 2 is 2.07 bits per heavy atom. The molecular formula is C9H10NO3S2+. The molecule has 0 aliphatic rings. The average molecular weight is 244 g/mol. The van der Waals surface area contributed by atoms with Crippen molar-refractivity contribution >= 4 is 31.7 Å². The van der Waals surface area contributed by atoms with Gasteiger partial charge in [-0.05, 0) is 6.07 Å². The number of aromatic nitrogens is 1. The van der Waals surface area contributed by atoms with Crippen molar-refractivity contribution in [1.82, 2.24) is 0 Å². The van der Waals surface area contributed by atoms with Gasteiger partial charge in [-0.1, -0.05) is 23.5 Å². The fraction of sp³-hybridized carbons (Fsp3) is 0.222. The minimum absolute atomic E-state index is 0.252. The number of aryl methyl sites for hydroxylation is 1. The molecule has 15 heavy (non-hydrogen) atoms. The van der Waals surface area contributed by atoms with E-state index in [-0.39, 0.29) is 12.3 Å². The third-order valence-corrected chi connectivity index (χ3v) is 3.73. The van der Waals surface area contributed by atoms with Crippen molar-refractivity contribution in [3.63, 3.8) is 0 Å². The van der Waals surface area contributed by atoms with Crippen molar-refractivity contribution in [2.24, 2.45) is 0 Å². The summed E-state index contributed by atoms with van der Waals surface area (Å²) in [6.07, 6.45) is 0. The van der Waals surface area contributed by atoms with Gasteiger partial charge in [0.2, 0.25) is 11.0 Å². The molecule has 0 unspecified atom stereocenters. The molecule has 1 heterocycles. The van der Waals surface area contributed by atoms with Crippen molar-refractivity contribution in [3.8, 4) is 0 Å². The zero-order valence-corrected chi connectivity index (χ0v) is 9.46. The van der Waals surface area contributed by atoms with Gasteiger partial charge in [0.15, 0.2) is 6.54 Å². The fourth-order valence-corrected chi connectivity index (χ4v) is 2.71. The molecule has 0 saturated carbocycles. The molecule has 0 bridgehead atoms. The van der Waals surface area contributed by atoms with E-state index < -0.39 is 10.1 Å². The summed E-state index contributed by atoms with van der Waals surface area (Å²) in [6, 6.07) is 7.74. The second-order valence-corrected chi connectivity index (χ2v) is 5.63. The van der Waals surface area contributed by atoms with Crippen LogP contribution >= 0.6 is 11.3 Å². The first-order valence-electron chi connectivity index (χ1n) is 4.37. The summed E-state index contributed by atoms with van der Waals surface area (Å²) in [5, 5.41) is 0. The van der Waals surface area contributed by atoms with Crippen LogP contribution in [0.2, 0.25) is 0 Å². The number of thiazole rings is 1. The van der Waals surface area contributed by atoms with Crippen LogP contribution in [0.25, 0.3) is 10.2 Å². The normalized spacial score (nSPS) is 12.1. The first-order valence-corrected chi connectivity index (χ1v) is 6.86. The molecule has 1 aromatic carbocycles. The third-order valence-electron chi connectivity index (χ3n) is 2.07. The topological polar surface area (TPSA) is 58.3 Å². The lowest BCUT2D eigenvalue weighted by atomic mass is 10.3. The van der Waals surface area contributed by atoms with Gasteiger partial charge in [0.1, 0.15) is 10.5 Å². The Labute approximate surface area is 91.5 Å². The zero-order chi connectivity index (χ0) is 10.9. The molecule has 4 nitrogen and oxygen atoms in total. The maximum Gasteiger partial charge on any atom is 0.271 e. The van der Waals surface area contributed by atoms with E-state index in [1.165, 1.54) is 0 Å². The summed E-state index contributed by atoms with van der Waals surface area (Å²) >= 11 is 1.55. The minimum Gasteiger partial charge on any atom is -0.285 e. The Hall–Kier alpha value is -0.980. The van der Waals surface area contributed by atoms with E-state index in [0.29, 0.717) is 0 Å². The van der Waals surface area contributed by atoms with Crippen LogP contribution in [-0.4, -0.2) is 18.7 Å². The number of fused-ring (bicyclic) bond motifs is 1. The molecular weight excluding hydrogens is 234 g/mol. The van der Waals surface area contributed by atoms with Gasteiger partial charge in [0.25, 0.3) is 10.1 Å². The average Bonchev–Trinajstić information content (AvgIpc) is 2.57. The highest BCUT2D eigenvalue weighted by molar-refractivity contribution is 7.85. The molecule has 1 aromatic heterocycles. The highest BCUT2D eigenvalue weighted by Gasteiger charge is 2.14. The van der Waals surface area contributed by atoms with Gasteiger partial charge in [-0.2, -0.15) is 13.0 Å². The fourth-order valence-electron chi connectivity index (χ4n) is 1.36. The third kappa shape index (κ3) is 2.53. The number of benzene rings is 1. The van der Waals surface area contributed by atoms with Gasteiger partial charge < -0.3 is 0 Å². The molecule has 2 aromatic rings. The Morgan fingerprint density at radius 1 is 1.33 bits per heavy atom. The molecule has 0 amide bonds. The maximum absolute atomic E-state index is 10.6. The quantitative estimate of drug-likeness (QED) is 0.649. The largest absolute Gasteiger partial charge is 0.285 e. The molecule has 0 aliphatic carbocycles. The molecule has 0 aliphatic heterocycles. The van der Waals surface area contributed by atoms with Gasteiger partial charge in [-0.3, -0.25) is 4.55 Å². The second kappa shape index (κ2) is 3.88. The Balaban J connectivity index is 2.29. The van der Waals surface area contributed by atoms with Crippen molar-refractivity contribution in [2.75, 3.05) is 5.75 Å². The molecule has 80 valence electrons. The standard InChI is InChI=1S/C9H9NO3S2/c11-15(12,13)6-5-10-7-14-9-4-2-1-3-8(9)10/h1-4,7H,5-6H2/p+1. The van der Waals surface area contributed by atoms with E-state index in [9.17, 15) is 8.42 Å². The monoisotopic (exact) mass is 244 g/mol. The molecule has 6 heteroatoms. The van der Waals surface area contributed by atoms with Gasteiger partial charge in [0.05, 0.1) is 0 Å². The van der Waals surface area contributed by atoms with E-state index in [1.54, 1.807) is 11.3 Å². The van der Waals surface area contributed by atoms with Crippen molar-refractivity contribution in [3.05, 3.63) is 29.8 Å². The van der Waals surface area contributed by atoms with Crippen LogP contribution in [0.3, 0.4) is 0 Å². The molecule has 0 saturated heterocycles. The van der Waals surface area contributed by atoms with Crippen molar-refractivity contribution < 1.29 is 17.5 Å². The van der Waals surface area contributed by atoms with E-state index >= 15 is 0 Å². The van der Waals surface area contributed by atoms with Crippen LogP contribution in [0.1, 0.15) is 0 Å². The van der Waals surface area contributed by atoms with Gasteiger partial charge >= 0.3 is 0 Å². The second-order valence-electron chi connectivity index (χ2n) is 3.17. The van der Waals surface area contributed by atoms with E-state index in [0.717, 1.165) is 10.2 Å². The zero-order valence-electron chi connectivity index (χ0n) is 7.83. The van der Waals surface area contributed by atoms with Gasteiger partial charge in [-0.25, -0.2) is 0 Å². The van der Waals surface area contributed by atoms with Crippen LogP contribution in [0, 0.1) is 0 Å². The predicted octanol–water partition coefficient (Wildman–Crippen LogP) is 1.08. The van der Waals surface area contributed by atoms with Gasteiger partial charge in [-0.15, -0.1) is 0 Å². The lowest BCUT2D eigenvalue weighted by Crippen LogP contribution is -2.35. The summed E-state index contributed by atoms with van der Waals surface area (Å²) in [6.45, 7) is 0.281. The summed E-state index contributed by atoms with van der Waals surface area (Å²) in [5.74, 6) is -0.252. The highest BCUT2D eigenvalue weighted by atomic mass is 32.2. The van der Waals surface area contributed by atoms with Crippen molar-refractivity contribution in [1.29, 1.82) is 0 Å². The molecule has 1 N–H and O–H groups in total. The Bertz CT molecular complexity index is 574. The Morgan fingerprint density at radius 3 is 2.80 bits per heavy atom. The smallest absolute Gasteiger partial charge is 0.271 e. The molecule has 0 fully saturated rings. The van der Waals surface area contributed by atoms with Crippen LogP contribution in [0.15, 0.2) is 29.8 Å². The SMILES string of the molecule is O=S(=O)(O)CC[n+]1csc2ccccc21. The molecule has 0 radical (unpaired) electrons. The number of hydrogen-bond donors (Lipinski definition) is 1. The summed E-state index contributed by atoms with van der Waals surface area (Å²) in [7, 11) is -3.89. The van der Waals surface area contributed by atoms with Crippen LogP contribution < -0.4 is 4.57 Å². The highest BCUT2D eigenvalue weighted by Crippen LogP contribution is 2.14. The minimum atomic E-state index is -3.89. The summed E-state index contributed by atoms with van der Waals surface area (Å²) in [5.41, 5.74) is 2.85. The molecule has 2 rings (SSSR count). The number of hydrogen-bond acceptors (Lipinski definition) is 3. The van der Waals surface area contributed by atoms with E-state index in [1.807, 2.05) is 34.3 Å². The van der Waals surface area contributed by atoms with Crippen LogP contribution in [0.4, 0.5) is 0 Å². The summed E-state index contributed by atoms with van der Waals surface area (Å²) < 4.78 is 32.8. The number of rotatable bonds is 3. The number of para-hydroxylation sites is 1. The molecule has 0 atom stereocenters. The Kier molecular flexibility index (Phi) is 2.72. The van der Waals surface area contributed by atoms with Crippen LogP contribution in [-0.2, 0) is 16.7 Å². The van der Waals surface area contributed by atoms with Crippen molar-refractivity contribution in [2.45, 2.75) is 6.54 Å². The maximum atomic E-state index is 10.6. The van der Waals surface area contributed by atoms with Crippen LogP contribution in [0.5, 0.6) is 0 Å². The van der Waals surface area contributed by atoms with E-state index in [2.05, 4.69) is 0 Å². The van der Waals surface area contributed by atoms with E-state index in [4.69, 9.17) is 4.55 Å². The predicted molar refractivity (Wildman–Crippen MR) is 58.4 cm³/mol. The first-order chi connectivity index (χ1) is 7.06. The lowest BCUT2D eigenvalue weighted by molar-refractivity contribution is -0.662. The lowest BCUT2D eigenvalue weighted by Gasteiger charge is -1.92. The first kappa shape index (κ1) is 10.5. The number of nitrogens with zero attached hydrogens (tertiary/aromatic N) is 1. The summed E-state index contributed by atoms with van der Waals surface area (Å²) in [4.78, 5) is 0. The van der Waals surface area contributed by atoms with Gasteiger partial charge in [0, 0.05) is 6.07 Å². The molecule has 0 spiro atoms.